The molecule has 1 N–H and O–H groups in total. The summed E-state index contributed by atoms with van der Waals surface area (Å²) in [5.74, 6) is -0.203. The second-order valence-electron chi connectivity index (χ2n) is 7.08. The van der Waals surface area contributed by atoms with Gasteiger partial charge in [0.2, 0.25) is 0 Å². The van der Waals surface area contributed by atoms with Gasteiger partial charge in [-0.05, 0) is 68.3 Å². The lowest BCUT2D eigenvalue weighted by Gasteiger charge is -2.23. The van der Waals surface area contributed by atoms with E-state index in [0.717, 1.165) is 11.1 Å². The highest BCUT2D eigenvalue weighted by atomic mass is 32.2. The summed E-state index contributed by atoms with van der Waals surface area (Å²) in [5.41, 5.74) is 3.18. The number of nitrogens with zero attached hydrogens (tertiary/aromatic N) is 1. The van der Waals surface area contributed by atoms with Gasteiger partial charge in [0.15, 0.2) is 0 Å². The fourth-order valence-corrected chi connectivity index (χ4v) is 4.92. The van der Waals surface area contributed by atoms with Gasteiger partial charge in [-0.25, -0.2) is 8.42 Å². The zero-order valence-corrected chi connectivity index (χ0v) is 18.2. The van der Waals surface area contributed by atoms with E-state index in [4.69, 9.17) is 0 Å². The Hall–Kier alpha value is -3.12. The summed E-state index contributed by atoms with van der Waals surface area (Å²) < 4.78 is 27.3. The van der Waals surface area contributed by atoms with Crippen LogP contribution in [0.15, 0.2) is 83.8 Å². The van der Waals surface area contributed by atoms with Crippen molar-refractivity contribution in [3.8, 4) is 0 Å². The number of hydrogen-bond acceptors (Lipinski definition) is 3. The number of benzene rings is 3. The van der Waals surface area contributed by atoms with Crippen molar-refractivity contribution < 1.29 is 13.2 Å². The van der Waals surface area contributed by atoms with E-state index in [0.29, 0.717) is 11.3 Å². The molecule has 0 aliphatic heterocycles. The van der Waals surface area contributed by atoms with Gasteiger partial charge in [0.05, 0.1) is 16.6 Å². The highest BCUT2D eigenvalue weighted by molar-refractivity contribution is 7.92. The summed E-state index contributed by atoms with van der Waals surface area (Å²) in [7, 11) is -3.66. The molecule has 1 amide bonds. The summed E-state index contributed by atoms with van der Waals surface area (Å²) >= 11 is 0. The first-order valence-electron chi connectivity index (χ1n) is 9.89. The van der Waals surface area contributed by atoms with Crippen molar-refractivity contribution in [3.63, 3.8) is 0 Å². The molecule has 0 aliphatic rings. The zero-order chi connectivity index (χ0) is 21.7. The molecule has 3 aromatic carbocycles. The average Bonchev–Trinajstić information content (AvgIpc) is 2.75. The lowest BCUT2D eigenvalue weighted by Crippen LogP contribution is -2.31. The molecule has 30 heavy (non-hydrogen) atoms. The topological polar surface area (TPSA) is 66.5 Å². The van der Waals surface area contributed by atoms with Crippen LogP contribution in [0.3, 0.4) is 0 Å². The molecule has 6 heteroatoms. The number of anilines is 1. The largest absolute Gasteiger partial charge is 0.346 e. The third-order valence-electron chi connectivity index (χ3n) is 5.04. The Balaban J connectivity index is 1.78. The van der Waals surface area contributed by atoms with Gasteiger partial charge in [-0.2, -0.15) is 0 Å². The van der Waals surface area contributed by atoms with Crippen LogP contribution in [0.2, 0.25) is 0 Å². The van der Waals surface area contributed by atoms with Crippen LogP contribution in [0.4, 0.5) is 5.69 Å². The first-order chi connectivity index (χ1) is 14.3. The standard InChI is InChI=1S/C24H26N2O3S/c1-4-26(30(28,29)22-11-6-5-7-12-22)21-16-14-20(15-17-21)24(27)25-19(3)23-13-9-8-10-18(23)2/h5-17,19H,4H2,1-3H3,(H,25,27)/t19-/m0/s1. The quantitative estimate of drug-likeness (QED) is 0.600. The number of aryl methyl sites for hydroxylation is 1. The van der Waals surface area contributed by atoms with Crippen LogP contribution in [0.1, 0.15) is 41.4 Å². The van der Waals surface area contributed by atoms with E-state index in [2.05, 4.69) is 5.32 Å². The van der Waals surface area contributed by atoms with Gasteiger partial charge in [-0.1, -0.05) is 42.5 Å². The number of carbonyl (C=O) groups excluding carboxylic acids is 1. The fourth-order valence-electron chi connectivity index (χ4n) is 3.42. The number of hydrogen-bond donors (Lipinski definition) is 1. The van der Waals surface area contributed by atoms with Crippen LogP contribution < -0.4 is 9.62 Å². The fraction of sp³-hybridized carbons (Fsp3) is 0.208. The maximum Gasteiger partial charge on any atom is 0.264 e. The van der Waals surface area contributed by atoms with Gasteiger partial charge in [0, 0.05) is 12.1 Å². The van der Waals surface area contributed by atoms with Gasteiger partial charge in [0.25, 0.3) is 15.9 Å². The average molecular weight is 423 g/mol. The number of nitrogens with one attached hydrogen (secondary N) is 1. The zero-order valence-electron chi connectivity index (χ0n) is 17.4. The van der Waals surface area contributed by atoms with Crippen molar-refractivity contribution >= 4 is 21.6 Å². The molecule has 0 saturated carbocycles. The van der Waals surface area contributed by atoms with Crippen LogP contribution in [0.25, 0.3) is 0 Å². The third kappa shape index (κ3) is 4.54. The minimum Gasteiger partial charge on any atom is -0.346 e. The molecule has 0 aromatic heterocycles. The summed E-state index contributed by atoms with van der Waals surface area (Å²) in [6.07, 6.45) is 0. The Kier molecular flexibility index (Phi) is 6.57. The summed E-state index contributed by atoms with van der Waals surface area (Å²) in [6.45, 7) is 6.03. The van der Waals surface area contributed by atoms with Gasteiger partial charge >= 0.3 is 0 Å². The molecule has 3 aromatic rings. The first kappa shape index (κ1) is 21.6. The summed E-state index contributed by atoms with van der Waals surface area (Å²) in [5, 5.41) is 3.00. The molecule has 0 unspecified atom stereocenters. The monoisotopic (exact) mass is 422 g/mol. The lowest BCUT2D eigenvalue weighted by molar-refractivity contribution is 0.0940. The van der Waals surface area contributed by atoms with Crippen LogP contribution in [-0.4, -0.2) is 20.9 Å². The third-order valence-corrected chi connectivity index (χ3v) is 6.96. The number of carbonyl (C=O) groups is 1. The Labute approximate surface area is 178 Å². The van der Waals surface area contributed by atoms with E-state index in [-0.39, 0.29) is 23.4 Å². The smallest absolute Gasteiger partial charge is 0.264 e. The van der Waals surface area contributed by atoms with E-state index >= 15 is 0 Å². The number of sulfonamides is 1. The first-order valence-corrected chi connectivity index (χ1v) is 11.3. The highest BCUT2D eigenvalue weighted by Crippen LogP contribution is 2.24. The van der Waals surface area contributed by atoms with Crippen molar-refractivity contribution in [3.05, 3.63) is 95.6 Å². The van der Waals surface area contributed by atoms with Gasteiger partial charge < -0.3 is 5.32 Å². The Morgan fingerprint density at radius 1 is 0.933 bits per heavy atom. The van der Waals surface area contributed by atoms with E-state index in [1.165, 1.54) is 4.31 Å². The van der Waals surface area contributed by atoms with Crippen LogP contribution in [0, 0.1) is 6.92 Å². The molecule has 3 rings (SSSR count). The predicted molar refractivity (Wildman–Crippen MR) is 120 cm³/mol. The summed E-state index contributed by atoms with van der Waals surface area (Å²) in [6, 6.07) is 22.8. The SMILES string of the molecule is CCN(c1ccc(C(=O)N[C@@H](C)c2ccccc2C)cc1)S(=O)(=O)c1ccccc1. The van der Waals surface area contributed by atoms with E-state index in [9.17, 15) is 13.2 Å². The Morgan fingerprint density at radius 3 is 2.13 bits per heavy atom. The maximum atomic E-state index is 13.0. The molecule has 0 radical (unpaired) electrons. The highest BCUT2D eigenvalue weighted by Gasteiger charge is 2.23. The van der Waals surface area contributed by atoms with E-state index < -0.39 is 10.0 Å². The predicted octanol–water partition coefficient (Wildman–Crippen LogP) is 4.70. The molecule has 0 heterocycles. The molecule has 0 spiro atoms. The van der Waals surface area contributed by atoms with Crippen molar-refractivity contribution in [2.45, 2.75) is 31.7 Å². The second-order valence-corrected chi connectivity index (χ2v) is 8.94. The van der Waals surface area contributed by atoms with Gasteiger partial charge in [0.1, 0.15) is 0 Å². The Bertz CT molecular complexity index is 1110. The number of amides is 1. The lowest BCUT2D eigenvalue weighted by atomic mass is 10.0. The van der Waals surface area contributed by atoms with Gasteiger partial charge in [-0.15, -0.1) is 0 Å². The molecule has 0 fully saturated rings. The molecular formula is C24H26N2O3S. The normalized spacial score (nSPS) is 12.2. The van der Waals surface area contributed by atoms with Crippen LogP contribution in [0.5, 0.6) is 0 Å². The summed E-state index contributed by atoms with van der Waals surface area (Å²) in [4.78, 5) is 12.9. The van der Waals surface area contributed by atoms with Gasteiger partial charge in [-0.3, -0.25) is 9.10 Å². The molecule has 0 saturated heterocycles. The molecule has 156 valence electrons. The molecule has 5 nitrogen and oxygen atoms in total. The molecule has 0 aliphatic carbocycles. The number of rotatable bonds is 7. The molecule has 0 bridgehead atoms. The van der Waals surface area contributed by atoms with Crippen LogP contribution in [-0.2, 0) is 10.0 Å². The van der Waals surface area contributed by atoms with E-state index in [1.54, 1.807) is 61.5 Å². The van der Waals surface area contributed by atoms with Crippen molar-refractivity contribution in [1.82, 2.24) is 5.32 Å². The molecule has 1 atom stereocenters. The second kappa shape index (κ2) is 9.13. The Morgan fingerprint density at radius 2 is 1.53 bits per heavy atom. The van der Waals surface area contributed by atoms with Crippen molar-refractivity contribution in [2.24, 2.45) is 0 Å². The minimum atomic E-state index is -3.66. The van der Waals surface area contributed by atoms with Crippen molar-refractivity contribution in [2.75, 3.05) is 10.8 Å². The molecular weight excluding hydrogens is 396 g/mol. The van der Waals surface area contributed by atoms with Crippen LogP contribution >= 0.6 is 0 Å². The maximum absolute atomic E-state index is 13.0. The van der Waals surface area contributed by atoms with Crippen molar-refractivity contribution in [1.29, 1.82) is 0 Å². The minimum absolute atomic E-state index is 0.135. The van der Waals surface area contributed by atoms with E-state index in [1.807, 2.05) is 38.1 Å².